The van der Waals surface area contributed by atoms with Crippen LogP contribution in [0.25, 0.3) is 0 Å². The molecule has 0 saturated carbocycles. The van der Waals surface area contributed by atoms with Crippen LogP contribution in [0.5, 0.6) is 0 Å². The van der Waals surface area contributed by atoms with E-state index in [1.54, 1.807) is 0 Å². The second-order valence-electron chi connectivity index (χ2n) is 2.94. The second kappa shape index (κ2) is 13.2. The predicted molar refractivity (Wildman–Crippen MR) is 58.3 cm³/mol. The minimum Gasteiger partial charge on any atom is -0.748 e. The Labute approximate surface area is 119 Å². The van der Waals surface area contributed by atoms with Gasteiger partial charge in [-0.2, -0.15) is 0 Å². The van der Waals surface area contributed by atoms with Gasteiger partial charge >= 0.3 is 18.9 Å². The van der Waals surface area contributed by atoms with Crippen LogP contribution in [-0.4, -0.2) is 58.9 Å². The van der Waals surface area contributed by atoms with Crippen LogP contribution in [0, 0.1) is 0 Å². The summed E-state index contributed by atoms with van der Waals surface area (Å²) in [4.78, 5) is 0. The molecule has 9 heteroatoms. The summed E-state index contributed by atoms with van der Waals surface area (Å²) in [6, 6.07) is 0. The maximum Gasteiger partial charge on any atom is 1.00 e. The van der Waals surface area contributed by atoms with Gasteiger partial charge in [0.25, 0.3) is 0 Å². The summed E-state index contributed by atoms with van der Waals surface area (Å²) in [5, 5.41) is 0. The first-order chi connectivity index (χ1) is 8.00. The average Bonchev–Trinajstić information content (AvgIpc) is 2.15. The van der Waals surface area contributed by atoms with Gasteiger partial charge in [0.1, 0.15) is 25.7 Å². The summed E-state index contributed by atoms with van der Waals surface area (Å²) in [6.45, 7) is 3.53. The Morgan fingerprint density at radius 1 is 0.889 bits per heavy atom. The van der Waals surface area contributed by atoms with Gasteiger partial charge in [0.05, 0.1) is 36.5 Å². The molecule has 0 aromatic heterocycles. The maximum absolute atomic E-state index is 9.08. The first kappa shape index (κ1) is 20.1. The van der Waals surface area contributed by atoms with E-state index < -0.39 is 10.1 Å². The van der Waals surface area contributed by atoms with E-state index in [1.807, 2.05) is 0 Å². The molecule has 1 aliphatic heterocycles. The van der Waals surface area contributed by atoms with Crippen molar-refractivity contribution in [3.05, 3.63) is 12.5 Å². The average molecular weight is 276 g/mol. The van der Waals surface area contributed by atoms with Gasteiger partial charge in [-0.1, -0.05) is 0 Å². The van der Waals surface area contributed by atoms with Gasteiger partial charge in [-0.15, -0.1) is 0 Å². The van der Waals surface area contributed by atoms with Crippen LogP contribution in [0.1, 0.15) is 0 Å². The van der Waals surface area contributed by atoms with E-state index in [0.29, 0.717) is 45.9 Å². The number of ether oxygens (including phenoxy) is 4. The third-order valence-corrected chi connectivity index (χ3v) is 1.31. The van der Waals surface area contributed by atoms with E-state index in [-0.39, 0.29) is 18.9 Å². The third kappa shape index (κ3) is 24.8. The van der Waals surface area contributed by atoms with Crippen molar-refractivity contribution in [3.8, 4) is 0 Å². The van der Waals surface area contributed by atoms with Crippen molar-refractivity contribution in [1.82, 2.24) is 0 Å². The Morgan fingerprint density at radius 2 is 1.17 bits per heavy atom. The van der Waals surface area contributed by atoms with Crippen LogP contribution in [-0.2, 0) is 29.1 Å². The molecule has 0 spiro atoms. The molecule has 0 bridgehead atoms. The molecule has 0 aliphatic carbocycles. The minimum absolute atomic E-state index is 0. The molecule has 102 valence electrons. The normalized spacial score (nSPS) is 17.4. The fraction of sp³-hybridized carbons (Fsp3) is 0.778. The molecule has 0 saturated heterocycles. The van der Waals surface area contributed by atoms with E-state index in [2.05, 4.69) is 0 Å². The van der Waals surface area contributed by atoms with Crippen molar-refractivity contribution >= 4 is 10.1 Å². The summed E-state index contributed by atoms with van der Waals surface area (Å²) >= 11 is 0. The smallest absolute Gasteiger partial charge is 0.748 e. The Kier molecular flexibility index (Phi) is 14.7. The topological polar surface area (TPSA) is 94.1 Å². The third-order valence-electron chi connectivity index (χ3n) is 1.31. The Balaban J connectivity index is 0. The molecule has 0 unspecified atom stereocenters. The number of hydrogen-bond donors (Lipinski definition) is 0. The van der Waals surface area contributed by atoms with Crippen LogP contribution in [0.4, 0.5) is 0 Å². The Morgan fingerprint density at radius 3 is 1.50 bits per heavy atom. The van der Waals surface area contributed by atoms with E-state index in [4.69, 9.17) is 31.9 Å². The van der Waals surface area contributed by atoms with Crippen molar-refractivity contribution in [1.29, 1.82) is 0 Å². The fourth-order valence-corrected chi connectivity index (χ4v) is 0.751. The van der Waals surface area contributed by atoms with Crippen molar-refractivity contribution < 1.29 is 50.8 Å². The van der Waals surface area contributed by atoms with Gasteiger partial charge in [-0.25, -0.2) is 8.42 Å². The van der Waals surface area contributed by atoms with E-state index >= 15 is 0 Å². The molecule has 1 aliphatic rings. The van der Waals surface area contributed by atoms with Crippen LogP contribution in [0.3, 0.4) is 0 Å². The molecule has 1 heterocycles. The van der Waals surface area contributed by atoms with E-state index in [9.17, 15) is 0 Å². The molecule has 18 heavy (non-hydrogen) atoms. The molecule has 0 atom stereocenters. The fourth-order valence-electron chi connectivity index (χ4n) is 0.751. The van der Waals surface area contributed by atoms with Crippen molar-refractivity contribution in [3.63, 3.8) is 0 Å². The van der Waals surface area contributed by atoms with Crippen molar-refractivity contribution in [2.45, 2.75) is 0 Å². The zero-order chi connectivity index (χ0) is 13.0. The summed E-state index contributed by atoms with van der Waals surface area (Å²) in [7, 11) is -3.92. The molecule has 0 N–H and O–H groups in total. The zero-order valence-electron chi connectivity index (χ0n) is 10.7. The number of rotatable bonds is 0. The Bertz CT molecular complexity index is 269. The molecule has 0 radical (unpaired) electrons. The van der Waals surface area contributed by atoms with Gasteiger partial charge in [0.2, 0.25) is 0 Å². The van der Waals surface area contributed by atoms with Gasteiger partial charge in [-0.05, 0) is 0 Å². The number of hydrogen-bond acceptors (Lipinski definition) is 7. The van der Waals surface area contributed by atoms with E-state index in [0.717, 1.165) is 0 Å². The first-order valence-electron chi connectivity index (χ1n) is 4.95. The summed E-state index contributed by atoms with van der Waals surface area (Å²) in [5.41, 5.74) is 0. The largest absolute Gasteiger partial charge is 1.00 e. The first-order valence-corrected chi connectivity index (χ1v) is 6.76. The van der Waals surface area contributed by atoms with Gasteiger partial charge in [0, 0.05) is 6.26 Å². The molecule has 0 aromatic carbocycles. The van der Waals surface area contributed by atoms with Crippen LogP contribution in [0.15, 0.2) is 12.5 Å². The van der Waals surface area contributed by atoms with Gasteiger partial charge in [0.15, 0.2) is 0 Å². The quantitative estimate of drug-likeness (QED) is 0.338. The standard InChI is InChI=1S/C8H14O4.CH4O3S.Li/c1-2-10-5-6-12-8-7-11-4-3-9-1;1-5(2,3)4;/h1-2H,3-8H2;1H3,(H,2,3,4);/q;;+1/p-1. The zero-order valence-corrected chi connectivity index (χ0v) is 11.5. The summed E-state index contributed by atoms with van der Waals surface area (Å²) in [6.07, 6.45) is 3.64. The maximum atomic E-state index is 9.08. The summed E-state index contributed by atoms with van der Waals surface area (Å²) < 4.78 is 47.7. The molecular formula is C9H17LiO7S. The van der Waals surface area contributed by atoms with Gasteiger partial charge in [-0.3, -0.25) is 0 Å². The SMILES string of the molecule is C1=COCCOCCOCCO1.CS(=O)(=O)[O-].[Li+]. The molecule has 0 amide bonds. The second-order valence-corrected chi connectivity index (χ2v) is 4.35. The van der Waals surface area contributed by atoms with Crippen LogP contribution in [0.2, 0.25) is 0 Å². The van der Waals surface area contributed by atoms with Crippen LogP contribution >= 0.6 is 0 Å². The monoisotopic (exact) mass is 276 g/mol. The summed E-state index contributed by atoms with van der Waals surface area (Å²) in [5.74, 6) is 0. The molecule has 0 aromatic rings. The van der Waals surface area contributed by atoms with Gasteiger partial charge < -0.3 is 23.5 Å². The predicted octanol–water partition coefficient (Wildman–Crippen LogP) is -3.30. The molecular weight excluding hydrogens is 259 g/mol. The van der Waals surface area contributed by atoms with E-state index in [1.165, 1.54) is 12.5 Å². The molecule has 7 nitrogen and oxygen atoms in total. The van der Waals surface area contributed by atoms with Crippen molar-refractivity contribution in [2.75, 3.05) is 45.9 Å². The molecule has 1 rings (SSSR count). The Hall–Kier alpha value is -0.233. The minimum atomic E-state index is -3.92. The van der Waals surface area contributed by atoms with Crippen LogP contribution < -0.4 is 18.9 Å². The van der Waals surface area contributed by atoms with Crippen molar-refractivity contribution in [2.24, 2.45) is 0 Å². The molecule has 0 fully saturated rings.